The van der Waals surface area contributed by atoms with Crippen LogP contribution in [0.25, 0.3) is 11.1 Å². The first-order valence-corrected chi connectivity index (χ1v) is 6.75. The Balaban J connectivity index is 2.16. The minimum atomic E-state index is 0.0378. The van der Waals surface area contributed by atoms with Gasteiger partial charge in [-0.1, -0.05) is 31.2 Å². The first kappa shape index (κ1) is 12.7. The highest BCUT2D eigenvalue weighted by atomic mass is 16.5. The van der Waals surface area contributed by atoms with Crippen molar-refractivity contribution in [3.05, 3.63) is 47.5 Å². The molecule has 0 amide bonds. The molecule has 0 saturated carbocycles. The third-order valence-corrected chi connectivity index (χ3v) is 3.45. The van der Waals surface area contributed by atoms with Gasteiger partial charge in [-0.15, -0.1) is 0 Å². The van der Waals surface area contributed by atoms with E-state index in [9.17, 15) is 4.79 Å². The maximum atomic E-state index is 12.5. The highest BCUT2D eigenvalue weighted by molar-refractivity contribution is 6.22. The topological polar surface area (TPSA) is 35.5 Å². The number of carbonyl (C=O) groups excluding carboxylic acids is 1. The zero-order valence-corrected chi connectivity index (χ0v) is 11.6. The van der Waals surface area contributed by atoms with Crippen LogP contribution in [-0.2, 0) is 0 Å². The number of benzene rings is 2. The van der Waals surface area contributed by atoms with Gasteiger partial charge in [-0.05, 0) is 18.1 Å². The quantitative estimate of drug-likeness (QED) is 0.723. The van der Waals surface area contributed by atoms with Gasteiger partial charge in [0, 0.05) is 22.8 Å². The van der Waals surface area contributed by atoms with E-state index in [1.54, 1.807) is 7.11 Å². The fraction of sp³-hybridized carbons (Fsp3) is 0.235. The Hall–Kier alpha value is -2.29. The van der Waals surface area contributed by atoms with Crippen LogP contribution >= 0.6 is 0 Å². The van der Waals surface area contributed by atoms with Crippen molar-refractivity contribution in [2.75, 3.05) is 13.7 Å². The molecule has 20 heavy (non-hydrogen) atoms. The Morgan fingerprint density at radius 3 is 2.50 bits per heavy atom. The van der Waals surface area contributed by atoms with Gasteiger partial charge in [0.15, 0.2) is 5.78 Å². The first-order valence-electron chi connectivity index (χ1n) is 6.75. The summed E-state index contributed by atoms with van der Waals surface area (Å²) in [7, 11) is 1.62. The van der Waals surface area contributed by atoms with Gasteiger partial charge >= 0.3 is 0 Å². The van der Waals surface area contributed by atoms with Crippen molar-refractivity contribution in [2.24, 2.45) is 0 Å². The summed E-state index contributed by atoms with van der Waals surface area (Å²) in [5, 5.41) is 0. The SMILES string of the molecule is CCCOc1cc(OC)c2c(c1)C(=O)c1ccccc1-2. The molecule has 0 bridgehead atoms. The smallest absolute Gasteiger partial charge is 0.194 e. The lowest BCUT2D eigenvalue weighted by Crippen LogP contribution is -2.00. The summed E-state index contributed by atoms with van der Waals surface area (Å²) in [5.41, 5.74) is 3.20. The standard InChI is InChI=1S/C17H16O3/c1-3-8-20-11-9-14-16(15(10-11)19-2)12-6-4-5-7-13(12)17(14)18/h4-7,9-10H,3,8H2,1-2H3. The number of fused-ring (bicyclic) bond motifs is 3. The van der Waals surface area contributed by atoms with Crippen LogP contribution in [0.1, 0.15) is 29.3 Å². The summed E-state index contributed by atoms with van der Waals surface area (Å²) in [6.07, 6.45) is 0.924. The molecule has 3 heteroatoms. The fourth-order valence-electron chi connectivity index (χ4n) is 2.56. The third-order valence-electron chi connectivity index (χ3n) is 3.45. The van der Waals surface area contributed by atoms with Crippen LogP contribution in [-0.4, -0.2) is 19.5 Å². The second-order valence-electron chi connectivity index (χ2n) is 4.77. The Kier molecular flexibility index (Phi) is 3.18. The van der Waals surface area contributed by atoms with E-state index in [-0.39, 0.29) is 5.78 Å². The molecule has 0 heterocycles. The maximum absolute atomic E-state index is 12.5. The summed E-state index contributed by atoms with van der Waals surface area (Å²) >= 11 is 0. The number of rotatable bonds is 4. The van der Waals surface area contributed by atoms with Crippen molar-refractivity contribution in [1.29, 1.82) is 0 Å². The lowest BCUT2D eigenvalue weighted by Gasteiger charge is -2.11. The number of hydrogen-bond acceptors (Lipinski definition) is 3. The van der Waals surface area contributed by atoms with Crippen LogP contribution in [0.2, 0.25) is 0 Å². The average Bonchev–Trinajstić information content (AvgIpc) is 2.78. The fourth-order valence-corrected chi connectivity index (χ4v) is 2.56. The second-order valence-corrected chi connectivity index (χ2v) is 4.77. The Morgan fingerprint density at radius 2 is 1.80 bits per heavy atom. The molecule has 3 nitrogen and oxygen atoms in total. The van der Waals surface area contributed by atoms with Crippen molar-refractivity contribution in [3.8, 4) is 22.6 Å². The molecular weight excluding hydrogens is 252 g/mol. The summed E-state index contributed by atoms with van der Waals surface area (Å²) in [4.78, 5) is 12.5. The molecule has 0 spiro atoms. The van der Waals surface area contributed by atoms with E-state index in [4.69, 9.17) is 9.47 Å². The van der Waals surface area contributed by atoms with Gasteiger partial charge in [-0.2, -0.15) is 0 Å². The van der Waals surface area contributed by atoms with Crippen molar-refractivity contribution < 1.29 is 14.3 Å². The molecule has 0 unspecified atom stereocenters. The van der Waals surface area contributed by atoms with Crippen LogP contribution < -0.4 is 9.47 Å². The van der Waals surface area contributed by atoms with Crippen molar-refractivity contribution in [2.45, 2.75) is 13.3 Å². The molecule has 0 atom stereocenters. The highest BCUT2D eigenvalue weighted by Crippen LogP contribution is 2.44. The van der Waals surface area contributed by atoms with E-state index in [1.165, 1.54) is 0 Å². The van der Waals surface area contributed by atoms with Crippen molar-refractivity contribution in [1.82, 2.24) is 0 Å². The lowest BCUT2D eigenvalue weighted by atomic mass is 10.0. The highest BCUT2D eigenvalue weighted by Gasteiger charge is 2.30. The largest absolute Gasteiger partial charge is 0.496 e. The van der Waals surface area contributed by atoms with Gasteiger partial charge in [0.2, 0.25) is 0 Å². The molecule has 2 aromatic carbocycles. The predicted molar refractivity (Wildman–Crippen MR) is 77.6 cm³/mol. The Labute approximate surface area is 118 Å². The summed E-state index contributed by atoms with van der Waals surface area (Å²) in [5.74, 6) is 1.41. The molecule has 0 saturated heterocycles. The average molecular weight is 268 g/mol. The van der Waals surface area contributed by atoms with Gasteiger partial charge in [0.25, 0.3) is 0 Å². The van der Waals surface area contributed by atoms with Crippen LogP contribution in [0.5, 0.6) is 11.5 Å². The van der Waals surface area contributed by atoms with Crippen LogP contribution in [0.4, 0.5) is 0 Å². The molecule has 1 aliphatic carbocycles. The van der Waals surface area contributed by atoms with Gasteiger partial charge in [-0.25, -0.2) is 0 Å². The van der Waals surface area contributed by atoms with E-state index in [0.29, 0.717) is 23.7 Å². The van der Waals surface area contributed by atoms with Crippen LogP contribution in [0.3, 0.4) is 0 Å². The molecule has 0 N–H and O–H groups in total. The monoisotopic (exact) mass is 268 g/mol. The zero-order chi connectivity index (χ0) is 14.1. The minimum absolute atomic E-state index is 0.0378. The number of methoxy groups -OCH3 is 1. The lowest BCUT2D eigenvalue weighted by molar-refractivity contribution is 0.104. The minimum Gasteiger partial charge on any atom is -0.496 e. The number of hydrogen-bond donors (Lipinski definition) is 0. The van der Waals surface area contributed by atoms with Crippen molar-refractivity contribution >= 4 is 5.78 Å². The Morgan fingerprint density at radius 1 is 1.05 bits per heavy atom. The second kappa shape index (κ2) is 5.00. The van der Waals surface area contributed by atoms with Gasteiger partial charge in [0.1, 0.15) is 11.5 Å². The van der Waals surface area contributed by atoms with E-state index in [2.05, 4.69) is 0 Å². The molecule has 3 rings (SSSR count). The van der Waals surface area contributed by atoms with Crippen LogP contribution in [0, 0.1) is 0 Å². The normalized spacial score (nSPS) is 12.0. The van der Waals surface area contributed by atoms with E-state index < -0.39 is 0 Å². The third kappa shape index (κ3) is 1.86. The van der Waals surface area contributed by atoms with Gasteiger partial charge < -0.3 is 9.47 Å². The van der Waals surface area contributed by atoms with Crippen LogP contribution in [0.15, 0.2) is 36.4 Å². The Bertz CT molecular complexity index is 674. The maximum Gasteiger partial charge on any atom is 0.194 e. The number of ether oxygens (including phenoxy) is 2. The molecule has 0 radical (unpaired) electrons. The van der Waals surface area contributed by atoms with E-state index >= 15 is 0 Å². The van der Waals surface area contributed by atoms with Crippen molar-refractivity contribution in [3.63, 3.8) is 0 Å². The van der Waals surface area contributed by atoms with Gasteiger partial charge in [-0.3, -0.25) is 4.79 Å². The summed E-state index contributed by atoms with van der Waals surface area (Å²) in [6.45, 7) is 2.68. The molecule has 0 aromatic heterocycles. The molecule has 102 valence electrons. The van der Waals surface area contributed by atoms with E-state index in [0.717, 1.165) is 23.1 Å². The van der Waals surface area contributed by atoms with Gasteiger partial charge in [0.05, 0.1) is 13.7 Å². The number of ketones is 1. The predicted octanol–water partition coefficient (Wildman–Crippen LogP) is 3.70. The molecule has 0 aliphatic heterocycles. The first-order chi connectivity index (χ1) is 9.76. The molecule has 1 aliphatic rings. The molecule has 2 aromatic rings. The molecule has 0 fully saturated rings. The zero-order valence-electron chi connectivity index (χ0n) is 11.6. The summed E-state index contributed by atoms with van der Waals surface area (Å²) in [6, 6.07) is 11.3. The summed E-state index contributed by atoms with van der Waals surface area (Å²) < 4.78 is 11.1. The molecular formula is C17H16O3. The van der Waals surface area contributed by atoms with E-state index in [1.807, 2.05) is 43.3 Å². The number of carbonyl (C=O) groups is 1.